The molecular weight excluding hydrogens is 234 g/mol. The van der Waals surface area contributed by atoms with Crippen LogP contribution in [0.25, 0.3) is 0 Å². The lowest BCUT2D eigenvalue weighted by molar-refractivity contribution is 0.0684. The maximum Gasteiger partial charge on any atom is 0.120 e. The topological polar surface area (TPSA) is 35.2 Å². The molecule has 2 N–H and O–H groups in total. The molecule has 1 fully saturated rings. The van der Waals surface area contributed by atoms with Crippen LogP contribution in [0.1, 0.15) is 43.7 Å². The quantitative estimate of drug-likeness (QED) is 0.894. The second kappa shape index (κ2) is 6.42. The van der Waals surface area contributed by atoms with E-state index in [2.05, 4.69) is 39.0 Å². The average Bonchev–Trinajstić information content (AvgIpc) is 2.43. The highest BCUT2D eigenvalue weighted by molar-refractivity contribution is 5.34. The summed E-state index contributed by atoms with van der Waals surface area (Å²) in [5, 5.41) is 0. The maximum absolute atomic E-state index is 6.25. The Labute approximate surface area is 117 Å². The van der Waals surface area contributed by atoms with Gasteiger partial charge in [-0.1, -0.05) is 19.4 Å². The first-order valence-electron chi connectivity index (χ1n) is 7.58. The van der Waals surface area contributed by atoms with E-state index in [9.17, 15) is 0 Å². The lowest BCUT2D eigenvalue weighted by Crippen LogP contribution is -2.38. The smallest absolute Gasteiger partial charge is 0.120 e. The molecule has 1 saturated carbocycles. The van der Waals surface area contributed by atoms with Gasteiger partial charge in [-0.2, -0.15) is 0 Å². The molecule has 0 aromatic heterocycles. The molecule has 0 aliphatic heterocycles. The highest BCUT2D eigenvalue weighted by atomic mass is 16.5. The fourth-order valence-electron chi connectivity index (χ4n) is 3.02. The third-order valence-electron chi connectivity index (χ3n) is 4.68. The molecule has 3 unspecified atom stereocenters. The predicted molar refractivity (Wildman–Crippen MR) is 80.5 cm³/mol. The number of benzene rings is 1. The Morgan fingerprint density at radius 1 is 1.21 bits per heavy atom. The van der Waals surface area contributed by atoms with E-state index in [1.807, 2.05) is 0 Å². The van der Waals surface area contributed by atoms with Gasteiger partial charge in [0.15, 0.2) is 0 Å². The fourth-order valence-corrected chi connectivity index (χ4v) is 3.02. The summed E-state index contributed by atoms with van der Waals surface area (Å²) in [6.07, 6.45) is 5.23. The van der Waals surface area contributed by atoms with Gasteiger partial charge in [-0.05, 0) is 68.8 Å². The first-order valence-corrected chi connectivity index (χ1v) is 7.58. The monoisotopic (exact) mass is 261 g/mol. The normalized spacial score (nSPS) is 27.3. The summed E-state index contributed by atoms with van der Waals surface area (Å²) in [5.74, 6) is 2.33. The Hall–Kier alpha value is -1.02. The SMILES string of the molecule is CCC1CCC(CN)C(Oc2ccc(C)c(C)c2)C1. The Kier molecular flexibility index (Phi) is 4.87. The third-order valence-corrected chi connectivity index (χ3v) is 4.68. The maximum atomic E-state index is 6.25. The van der Waals surface area contributed by atoms with Crippen LogP contribution in [0.3, 0.4) is 0 Å². The van der Waals surface area contributed by atoms with Crippen LogP contribution in [0.5, 0.6) is 5.75 Å². The Morgan fingerprint density at radius 2 is 2.00 bits per heavy atom. The second-order valence-electron chi connectivity index (χ2n) is 5.99. The van der Waals surface area contributed by atoms with Crippen molar-refractivity contribution in [2.45, 2.75) is 52.6 Å². The van der Waals surface area contributed by atoms with Gasteiger partial charge in [0.2, 0.25) is 0 Å². The van der Waals surface area contributed by atoms with Gasteiger partial charge in [0.05, 0.1) is 0 Å². The fraction of sp³-hybridized carbons (Fsp3) is 0.647. The average molecular weight is 261 g/mol. The third kappa shape index (κ3) is 3.50. The standard InChI is InChI=1S/C17H27NO/c1-4-14-6-7-15(11-18)17(10-14)19-16-8-5-12(2)13(3)9-16/h5,8-9,14-15,17H,4,6-7,10-11,18H2,1-3H3. The molecule has 0 bridgehead atoms. The summed E-state index contributed by atoms with van der Waals surface area (Å²) in [5.41, 5.74) is 8.52. The summed E-state index contributed by atoms with van der Waals surface area (Å²) in [6.45, 7) is 7.29. The molecule has 2 nitrogen and oxygen atoms in total. The minimum atomic E-state index is 0.297. The van der Waals surface area contributed by atoms with Crippen molar-refractivity contribution in [3.05, 3.63) is 29.3 Å². The molecule has 1 aromatic rings. The van der Waals surface area contributed by atoms with Gasteiger partial charge in [0, 0.05) is 5.92 Å². The molecule has 19 heavy (non-hydrogen) atoms. The number of rotatable bonds is 4. The zero-order valence-electron chi connectivity index (χ0n) is 12.5. The van der Waals surface area contributed by atoms with Crippen molar-refractivity contribution in [2.24, 2.45) is 17.6 Å². The molecule has 2 heteroatoms. The van der Waals surface area contributed by atoms with Crippen LogP contribution in [-0.2, 0) is 0 Å². The van der Waals surface area contributed by atoms with Crippen molar-refractivity contribution in [2.75, 3.05) is 6.54 Å². The van der Waals surface area contributed by atoms with Crippen molar-refractivity contribution in [3.8, 4) is 5.75 Å². The molecule has 2 rings (SSSR count). The number of nitrogens with two attached hydrogens (primary N) is 1. The lowest BCUT2D eigenvalue weighted by Gasteiger charge is -2.35. The van der Waals surface area contributed by atoms with Crippen LogP contribution in [-0.4, -0.2) is 12.6 Å². The molecule has 0 amide bonds. The van der Waals surface area contributed by atoms with Crippen molar-refractivity contribution in [1.82, 2.24) is 0 Å². The van der Waals surface area contributed by atoms with Crippen LogP contribution in [0.2, 0.25) is 0 Å². The number of ether oxygens (including phenoxy) is 1. The van der Waals surface area contributed by atoms with Crippen LogP contribution >= 0.6 is 0 Å². The van der Waals surface area contributed by atoms with Crippen LogP contribution in [0.15, 0.2) is 18.2 Å². The van der Waals surface area contributed by atoms with E-state index < -0.39 is 0 Å². The number of hydrogen-bond acceptors (Lipinski definition) is 2. The van der Waals surface area contributed by atoms with Crippen LogP contribution in [0, 0.1) is 25.7 Å². The second-order valence-corrected chi connectivity index (χ2v) is 5.99. The minimum absolute atomic E-state index is 0.297. The van der Waals surface area contributed by atoms with Crippen molar-refractivity contribution in [1.29, 1.82) is 0 Å². The molecule has 0 spiro atoms. The molecule has 0 saturated heterocycles. The highest BCUT2D eigenvalue weighted by Gasteiger charge is 2.30. The zero-order chi connectivity index (χ0) is 13.8. The summed E-state index contributed by atoms with van der Waals surface area (Å²) >= 11 is 0. The minimum Gasteiger partial charge on any atom is -0.490 e. The van der Waals surface area contributed by atoms with Gasteiger partial charge < -0.3 is 10.5 Å². The molecule has 1 aliphatic rings. The predicted octanol–water partition coefficient (Wildman–Crippen LogP) is 3.84. The molecule has 106 valence electrons. The first-order chi connectivity index (χ1) is 9.13. The summed E-state index contributed by atoms with van der Waals surface area (Å²) < 4.78 is 6.25. The summed E-state index contributed by atoms with van der Waals surface area (Å²) in [7, 11) is 0. The van der Waals surface area contributed by atoms with Crippen molar-refractivity contribution < 1.29 is 4.74 Å². The summed E-state index contributed by atoms with van der Waals surface area (Å²) in [6, 6.07) is 6.38. The van der Waals surface area contributed by atoms with E-state index >= 15 is 0 Å². The van der Waals surface area contributed by atoms with E-state index in [0.717, 1.165) is 24.6 Å². The number of hydrogen-bond donors (Lipinski definition) is 1. The first kappa shape index (κ1) is 14.4. The van der Waals surface area contributed by atoms with Crippen molar-refractivity contribution >= 4 is 0 Å². The number of aryl methyl sites for hydroxylation is 2. The zero-order valence-corrected chi connectivity index (χ0v) is 12.5. The van der Waals surface area contributed by atoms with Gasteiger partial charge in [-0.3, -0.25) is 0 Å². The lowest BCUT2D eigenvalue weighted by atomic mass is 9.78. The Balaban J connectivity index is 2.07. The molecule has 0 heterocycles. The van der Waals surface area contributed by atoms with Gasteiger partial charge in [0.25, 0.3) is 0 Å². The van der Waals surface area contributed by atoms with Gasteiger partial charge >= 0.3 is 0 Å². The van der Waals surface area contributed by atoms with E-state index in [-0.39, 0.29) is 0 Å². The van der Waals surface area contributed by atoms with Crippen molar-refractivity contribution in [3.63, 3.8) is 0 Å². The van der Waals surface area contributed by atoms with E-state index in [1.165, 1.54) is 30.4 Å². The molecule has 1 aromatic carbocycles. The Morgan fingerprint density at radius 3 is 2.63 bits per heavy atom. The van der Waals surface area contributed by atoms with Gasteiger partial charge in [0.1, 0.15) is 11.9 Å². The Bertz CT molecular complexity index is 416. The van der Waals surface area contributed by atoms with E-state index in [1.54, 1.807) is 0 Å². The van der Waals surface area contributed by atoms with Crippen LogP contribution in [0.4, 0.5) is 0 Å². The highest BCUT2D eigenvalue weighted by Crippen LogP contribution is 2.33. The van der Waals surface area contributed by atoms with Crippen LogP contribution < -0.4 is 10.5 Å². The van der Waals surface area contributed by atoms with E-state index in [4.69, 9.17) is 10.5 Å². The molecule has 0 radical (unpaired) electrons. The van der Waals surface area contributed by atoms with Gasteiger partial charge in [-0.15, -0.1) is 0 Å². The summed E-state index contributed by atoms with van der Waals surface area (Å²) in [4.78, 5) is 0. The molecule has 3 atom stereocenters. The molecule has 1 aliphatic carbocycles. The van der Waals surface area contributed by atoms with E-state index in [0.29, 0.717) is 12.0 Å². The molecular formula is C17H27NO. The largest absolute Gasteiger partial charge is 0.490 e. The van der Waals surface area contributed by atoms with Gasteiger partial charge in [-0.25, -0.2) is 0 Å².